The van der Waals surface area contributed by atoms with E-state index >= 15 is 0 Å². The summed E-state index contributed by atoms with van der Waals surface area (Å²) in [7, 11) is -2.98. The molecule has 0 N–H and O–H groups in total. The van der Waals surface area contributed by atoms with E-state index in [1.807, 2.05) is 24.5 Å². The van der Waals surface area contributed by atoms with Crippen molar-refractivity contribution in [2.24, 2.45) is 0 Å². The largest absolute Gasteiger partial charge is 0.344 e. The van der Waals surface area contributed by atoms with Crippen molar-refractivity contribution in [2.45, 2.75) is 45.2 Å². The number of sulfone groups is 1. The highest BCUT2D eigenvalue weighted by atomic mass is 32.2. The molecule has 1 aliphatic heterocycles. The molecule has 3 aromatic heterocycles. The zero-order valence-corrected chi connectivity index (χ0v) is 19.3. The molecule has 1 fully saturated rings. The average Bonchev–Trinajstić information content (AvgIpc) is 3.26. The van der Waals surface area contributed by atoms with Gasteiger partial charge in [-0.15, -0.1) is 11.3 Å². The maximum Gasteiger partial charge on any atom is 0.174 e. The molecule has 154 valence electrons. The van der Waals surface area contributed by atoms with E-state index in [0.717, 1.165) is 26.6 Å². The summed E-state index contributed by atoms with van der Waals surface area (Å²) in [5.74, 6) is 0.693. The number of ketones is 1. The van der Waals surface area contributed by atoms with Gasteiger partial charge in [-0.2, -0.15) is 0 Å². The van der Waals surface area contributed by atoms with Crippen LogP contribution < -0.4 is 0 Å². The minimum Gasteiger partial charge on any atom is -0.344 e. The van der Waals surface area contributed by atoms with Gasteiger partial charge in [0.15, 0.2) is 15.6 Å². The predicted octanol–water partition coefficient (Wildman–Crippen LogP) is 4.06. The summed E-state index contributed by atoms with van der Waals surface area (Å²) in [4.78, 5) is 23.9. The minimum absolute atomic E-state index is 0.0339. The van der Waals surface area contributed by atoms with Crippen LogP contribution in [0.3, 0.4) is 0 Å². The van der Waals surface area contributed by atoms with Gasteiger partial charge in [0.1, 0.15) is 16.2 Å². The molecular weight excluding hydrogens is 426 g/mol. The number of nitrogens with zero attached hydrogens (tertiary/aromatic N) is 3. The third kappa shape index (κ3) is 3.75. The van der Waals surface area contributed by atoms with Gasteiger partial charge in [0.2, 0.25) is 0 Å². The monoisotopic (exact) mass is 449 g/mol. The molecule has 0 aliphatic carbocycles. The van der Waals surface area contributed by atoms with E-state index in [9.17, 15) is 13.2 Å². The number of hydrogen-bond acceptors (Lipinski definition) is 7. The first-order valence-corrected chi connectivity index (χ1v) is 13.1. The average molecular weight is 450 g/mol. The molecule has 4 heterocycles. The number of aryl methyl sites for hydroxylation is 3. The summed E-state index contributed by atoms with van der Waals surface area (Å²) in [5.41, 5.74) is 3.63. The van der Waals surface area contributed by atoms with E-state index < -0.39 is 9.84 Å². The van der Waals surface area contributed by atoms with Crippen LogP contribution >= 0.6 is 23.1 Å². The topological polar surface area (TPSA) is 81.9 Å². The summed E-state index contributed by atoms with van der Waals surface area (Å²) in [5, 5.41) is 1.87. The number of carbonyl (C=O) groups is 1. The van der Waals surface area contributed by atoms with Crippen molar-refractivity contribution < 1.29 is 13.2 Å². The van der Waals surface area contributed by atoms with E-state index in [2.05, 4.69) is 23.8 Å². The second-order valence-electron chi connectivity index (χ2n) is 7.57. The van der Waals surface area contributed by atoms with Crippen molar-refractivity contribution in [3.8, 4) is 0 Å². The van der Waals surface area contributed by atoms with Crippen molar-refractivity contribution in [2.75, 3.05) is 17.3 Å². The lowest BCUT2D eigenvalue weighted by atomic mass is 10.2. The number of thioether (sulfide) groups is 1. The van der Waals surface area contributed by atoms with Gasteiger partial charge in [0.25, 0.3) is 0 Å². The van der Waals surface area contributed by atoms with E-state index in [1.54, 1.807) is 17.7 Å². The van der Waals surface area contributed by atoms with E-state index in [0.29, 0.717) is 12.0 Å². The fraction of sp³-hybridized carbons (Fsp3) is 0.450. The van der Waals surface area contributed by atoms with E-state index in [-0.39, 0.29) is 29.1 Å². The molecule has 0 saturated carbocycles. The number of thiophene rings is 1. The summed E-state index contributed by atoms with van der Waals surface area (Å²) < 4.78 is 25.8. The second-order valence-corrected chi connectivity index (χ2v) is 12.0. The van der Waals surface area contributed by atoms with Gasteiger partial charge in [-0.3, -0.25) is 4.79 Å². The Balaban J connectivity index is 1.57. The van der Waals surface area contributed by atoms with Crippen molar-refractivity contribution >= 4 is 48.9 Å². The first-order valence-electron chi connectivity index (χ1n) is 9.43. The fourth-order valence-corrected chi connectivity index (χ4v) is 7.77. The number of fused-ring (bicyclic) bond motifs is 1. The quantitative estimate of drug-likeness (QED) is 0.332. The van der Waals surface area contributed by atoms with Gasteiger partial charge < -0.3 is 4.57 Å². The molecule has 3 aromatic rings. The van der Waals surface area contributed by atoms with Gasteiger partial charge >= 0.3 is 0 Å². The zero-order valence-electron chi connectivity index (χ0n) is 16.9. The number of hydrogen-bond donors (Lipinski definition) is 0. The maximum absolute atomic E-state index is 13.0. The molecule has 6 nitrogen and oxygen atoms in total. The third-order valence-electron chi connectivity index (χ3n) is 5.63. The van der Waals surface area contributed by atoms with Crippen LogP contribution in [-0.4, -0.2) is 46.0 Å². The van der Waals surface area contributed by atoms with Crippen LogP contribution in [0, 0.1) is 27.7 Å². The molecule has 4 rings (SSSR count). The van der Waals surface area contributed by atoms with Crippen molar-refractivity contribution in [1.29, 1.82) is 0 Å². The molecule has 0 amide bonds. The highest BCUT2D eigenvalue weighted by Crippen LogP contribution is 2.35. The van der Waals surface area contributed by atoms with Gasteiger partial charge in [-0.1, -0.05) is 11.8 Å². The third-order valence-corrected chi connectivity index (χ3v) is 9.48. The zero-order chi connectivity index (χ0) is 20.9. The number of rotatable bonds is 5. The van der Waals surface area contributed by atoms with Crippen LogP contribution in [0.15, 0.2) is 17.4 Å². The maximum atomic E-state index is 13.0. The summed E-state index contributed by atoms with van der Waals surface area (Å²) in [6.07, 6.45) is 2.16. The Labute approximate surface area is 178 Å². The SMILES string of the molecule is Cc1sc2ncnc(SCC(=O)c3cc(C)n(C4CCS(=O)(=O)C4)c3C)c2c1C. The number of aromatic nitrogens is 3. The Hall–Kier alpha value is -1.71. The number of Topliss-reactive ketones (excluding diaryl/α,β-unsaturated/α-hetero) is 1. The molecule has 1 saturated heterocycles. The summed E-state index contributed by atoms with van der Waals surface area (Å²) in [6, 6.07) is 1.81. The van der Waals surface area contributed by atoms with Crippen LogP contribution in [0.25, 0.3) is 10.2 Å². The Morgan fingerprint density at radius 2 is 2.03 bits per heavy atom. The van der Waals surface area contributed by atoms with E-state index in [4.69, 9.17) is 0 Å². The van der Waals surface area contributed by atoms with Crippen LogP contribution in [0.5, 0.6) is 0 Å². The Bertz CT molecular complexity index is 1220. The molecule has 0 radical (unpaired) electrons. The lowest BCUT2D eigenvalue weighted by molar-refractivity contribution is 0.102. The highest BCUT2D eigenvalue weighted by molar-refractivity contribution is 8.00. The van der Waals surface area contributed by atoms with Crippen LogP contribution in [0.2, 0.25) is 0 Å². The molecule has 9 heteroatoms. The lowest BCUT2D eigenvalue weighted by Crippen LogP contribution is -2.14. The molecule has 0 spiro atoms. The van der Waals surface area contributed by atoms with Crippen molar-refractivity contribution in [3.63, 3.8) is 0 Å². The normalized spacial score (nSPS) is 18.6. The Morgan fingerprint density at radius 3 is 2.72 bits per heavy atom. The first kappa shape index (κ1) is 20.6. The van der Waals surface area contributed by atoms with Gasteiger partial charge in [0, 0.05) is 33.3 Å². The standard InChI is InChI=1S/C20H23N3O3S3/c1-11-7-16(13(3)23(11)15-5-6-29(25,26)9-15)17(24)8-27-19-18-12(2)14(4)28-20(18)22-10-21-19/h7,10,15H,5-6,8-9H2,1-4H3. The predicted molar refractivity (Wildman–Crippen MR) is 118 cm³/mol. The van der Waals surface area contributed by atoms with Crippen LogP contribution in [0.1, 0.15) is 44.6 Å². The van der Waals surface area contributed by atoms with Crippen molar-refractivity contribution in [1.82, 2.24) is 14.5 Å². The Morgan fingerprint density at radius 1 is 1.28 bits per heavy atom. The second kappa shape index (κ2) is 7.52. The molecule has 0 aromatic carbocycles. The molecule has 1 unspecified atom stereocenters. The molecule has 1 aliphatic rings. The molecular formula is C20H23N3O3S3. The highest BCUT2D eigenvalue weighted by Gasteiger charge is 2.31. The minimum atomic E-state index is -2.98. The summed E-state index contributed by atoms with van der Waals surface area (Å²) in [6.45, 7) is 7.98. The van der Waals surface area contributed by atoms with Crippen LogP contribution in [0.4, 0.5) is 0 Å². The molecule has 0 bridgehead atoms. The lowest BCUT2D eigenvalue weighted by Gasteiger charge is -2.16. The van der Waals surface area contributed by atoms with Gasteiger partial charge in [-0.25, -0.2) is 18.4 Å². The van der Waals surface area contributed by atoms with Crippen molar-refractivity contribution in [3.05, 3.63) is 39.8 Å². The summed E-state index contributed by atoms with van der Waals surface area (Å²) >= 11 is 3.08. The number of carbonyl (C=O) groups excluding carboxylic acids is 1. The molecule has 1 atom stereocenters. The van der Waals surface area contributed by atoms with Gasteiger partial charge in [-0.05, 0) is 45.7 Å². The smallest absolute Gasteiger partial charge is 0.174 e. The van der Waals surface area contributed by atoms with E-state index in [1.165, 1.54) is 22.2 Å². The Kier molecular flexibility index (Phi) is 5.33. The molecule has 29 heavy (non-hydrogen) atoms. The van der Waals surface area contributed by atoms with Gasteiger partial charge in [0.05, 0.1) is 17.3 Å². The first-order chi connectivity index (χ1) is 13.7. The fourth-order valence-electron chi connectivity index (χ4n) is 4.07. The van der Waals surface area contributed by atoms with Crippen LogP contribution in [-0.2, 0) is 9.84 Å².